The third kappa shape index (κ3) is 3.37. The van der Waals surface area contributed by atoms with Crippen LogP contribution in [-0.2, 0) is 4.79 Å². The first-order valence-electron chi connectivity index (χ1n) is 5.05. The summed E-state index contributed by atoms with van der Waals surface area (Å²) in [4.78, 5) is 15.7. The number of carbonyl (C=O) groups excluding carboxylic acids is 1. The molecule has 0 spiro atoms. The van der Waals surface area contributed by atoms with Gasteiger partial charge in [-0.25, -0.2) is 0 Å². The minimum Gasteiger partial charge on any atom is -0.347 e. The van der Waals surface area contributed by atoms with Gasteiger partial charge in [-0.05, 0) is 19.1 Å². The van der Waals surface area contributed by atoms with E-state index in [1.807, 2.05) is 25.1 Å². The maximum absolute atomic E-state index is 11.6. The molecule has 0 aliphatic heterocycles. The molecule has 1 amide bonds. The van der Waals surface area contributed by atoms with E-state index in [-0.39, 0.29) is 18.4 Å². The number of nitrogens with one attached hydrogen (secondary N) is 1. The summed E-state index contributed by atoms with van der Waals surface area (Å²) in [5.74, 6) is 2.11. The highest BCUT2D eigenvalue weighted by Crippen LogP contribution is 2.07. The summed E-state index contributed by atoms with van der Waals surface area (Å²) in [6.45, 7) is 1.85. The Kier molecular flexibility index (Phi) is 4.49. The summed E-state index contributed by atoms with van der Waals surface area (Å²) < 4.78 is 0. The third-order valence-electron chi connectivity index (χ3n) is 2.16. The van der Waals surface area contributed by atoms with Crippen LogP contribution in [0, 0.1) is 12.3 Å². The molecule has 0 saturated heterocycles. The van der Waals surface area contributed by atoms with Crippen LogP contribution in [0.15, 0.2) is 24.4 Å². The van der Waals surface area contributed by atoms with Crippen LogP contribution in [0.3, 0.4) is 0 Å². The van der Waals surface area contributed by atoms with Gasteiger partial charge in [0.1, 0.15) is 0 Å². The SMILES string of the molecule is C#CCC(N)C(=O)N[C@H](C)c1ccccn1. The van der Waals surface area contributed by atoms with Crippen molar-refractivity contribution in [3.63, 3.8) is 0 Å². The van der Waals surface area contributed by atoms with Crippen LogP contribution in [0.5, 0.6) is 0 Å². The van der Waals surface area contributed by atoms with Crippen molar-refractivity contribution in [1.82, 2.24) is 10.3 Å². The van der Waals surface area contributed by atoms with Crippen LogP contribution >= 0.6 is 0 Å². The van der Waals surface area contributed by atoms with Crippen LogP contribution in [0.1, 0.15) is 25.1 Å². The molecule has 1 unspecified atom stereocenters. The second-order valence-corrected chi connectivity index (χ2v) is 3.50. The van der Waals surface area contributed by atoms with Crippen molar-refractivity contribution in [2.24, 2.45) is 5.73 Å². The van der Waals surface area contributed by atoms with Gasteiger partial charge in [0.15, 0.2) is 0 Å². The summed E-state index contributed by atoms with van der Waals surface area (Å²) in [7, 11) is 0. The van der Waals surface area contributed by atoms with Crippen LogP contribution < -0.4 is 11.1 Å². The van der Waals surface area contributed by atoms with Gasteiger partial charge in [-0.3, -0.25) is 9.78 Å². The molecule has 4 heteroatoms. The van der Waals surface area contributed by atoms with Gasteiger partial charge in [0, 0.05) is 12.6 Å². The minimum atomic E-state index is -0.656. The number of nitrogens with zero attached hydrogens (tertiary/aromatic N) is 1. The number of pyridine rings is 1. The number of nitrogens with two attached hydrogens (primary N) is 1. The van der Waals surface area contributed by atoms with Crippen LogP contribution in [0.25, 0.3) is 0 Å². The summed E-state index contributed by atoms with van der Waals surface area (Å²) in [5.41, 5.74) is 6.37. The lowest BCUT2D eigenvalue weighted by atomic mass is 10.1. The summed E-state index contributed by atoms with van der Waals surface area (Å²) in [6.07, 6.45) is 7.00. The van der Waals surface area contributed by atoms with Crippen LogP contribution in [-0.4, -0.2) is 16.9 Å². The molecule has 1 aromatic heterocycles. The second kappa shape index (κ2) is 5.89. The van der Waals surface area contributed by atoms with E-state index in [2.05, 4.69) is 16.2 Å². The van der Waals surface area contributed by atoms with Gasteiger partial charge >= 0.3 is 0 Å². The van der Waals surface area contributed by atoms with Crippen molar-refractivity contribution in [3.8, 4) is 12.3 Å². The number of carbonyl (C=O) groups is 1. The van der Waals surface area contributed by atoms with Gasteiger partial charge in [-0.2, -0.15) is 0 Å². The molecule has 84 valence electrons. The minimum absolute atomic E-state index is 0.169. The zero-order valence-corrected chi connectivity index (χ0v) is 9.18. The van der Waals surface area contributed by atoms with E-state index in [9.17, 15) is 4.79 Å². The van der Waals surface area contributed by atoms with Gasteiger partial charge in [0.25, 0.3) is 0 Å². The third-order valence-corrected chi connectivity index (χ3v) is 2.16. The van der Waals surface area contributed by atoms with Gasteiger partial charge in [-0.15, -0.1) is 12.3 Å². The molecule has 0 aliphatic carbocycles. The van der Waals surface area contributed by atoms with Crippen LogP contribution in [0.4, 0.5) is 0 Å². The fourth-order valence-electron chi connectivity index (χ4n) is 1.25. The number of rotatable bonds is 4. The molecule has 2 atom stereocenters. The molecule has 0 aliphatic rings. The lowest BCUT2D eigenvalue weighted by Crippen LogP contribution is -2.41. The zero-order valence-electron chi connectivity index (χ0n) is 9.18. The number of hydrogen-bond donors (Lipinski definition) is 2. The standard InChI is InChI=1S/C12H15N3O/c1-3-6-10(13)12(16)15-9(2)11-7-4-5-8-14-11/h1,4-5,7-10H,6,13H2,2H3,(H,15,16)/t9-,10?/m1/s1. The highest BCUT2D eigenvalue weighted by Gasteiger charge is 2.15. The molecule has 0 radical (unpaired) electrons. The van der Waals surface area contributed by atoms with Gasteiger partial charge in [0.05, 0.1) is 17.8 Å². The normalized spacial score (nSPS) is 13.6. The lowest BCUT2D eigenvalue weighted by molar-refractivity contribution is -0.122. The van der Waals surface area contributed by atoms with E-state index in [4.69, 9.17) is 12.2 Å². The summed E-state index contributed by atoms with van der Waals surface area (Å²) in [6, 6.07) is 4.71. The maximum Gasteiger partial charge on any atom is 0.238 e. The summed E-state index contributed by atoms with van der Waals surface area (Å²) >= 11 is 0. The Bertz CT molecular complexity index is 383. The molecular formula is C12H15N3O. The number of amides is 1. The topological polar surface area (TPSA) is 68.0 Å². The van der Waals surface area contributed by atoms with Crippen molar-refractivity contribution in [3.05, 3.63) is 30.1 Å². The lowest BCUT2D eigenvalue weighted by Gasteiger charge is -2.15. The predicted molar refractivity (Wildman–Crippen MR) is 62.2 cm³/mol. The van der Waals surface area contributed by atoms with E-state index in [1.54, 1.807) is 6.20 Å². The average Bonchev–Trinajstić information content (AvgIpc) is 2.30. The Labute approximate surface area is 95.3 Å². The van der Waals surface area contributed by atoms with Gasteiger partial charge in [0.2, 0.25) is 5.91 Å². The van der Waals surface area contributed by atoms with Crippen LogP contribution in [0.2, 0.25) is 0 Å². The molecule has 4 nitrogen and oxygen atoms in total. The smallest absolute Gasteiger partial charge is 0.238 e. The molecule has 0 saturated carbocycles. The molecule has 1 heterocycles. The van der Waals surface area contributed by atoms with Crippen molar-refractivity contribution in [1.29, 1.82) is 0 Å². The highest BCUT2D eigenvalue weighted by molar-refractivity contribution is 5.82. The van der Waals surface area contributed by atoms with E-state index < -0.39 is 6.04 Å². The largest absolute Gasteiger partial charge is 0.347 e. The predicted octanol–water partition coefficient (Wildman–Crippen LogP) is 0.609. The molecule has 0 fully saturated rings. The number of terminal acetylenes is 1. The fourth-order valence-corrected chi connectivity index (χ4v) is 1.25. The van der Waals surface area contributed by atoms with Crippen molar-refractivity contribution < 1.29 is 4.79 Å². The molecular weight excluding hydrogens is 202 g/mol. The zero-order chi connectivity index (χ0) is 12.0. The number of aromatic nitrogens is 1. The Morgan fingerprint density at radius 3 is 3.00 bits per heavy atom. The Morgan fingerprint density at radius 1 is 1.69 bits per heavy atom. The van der Waals surface area contributed by atoms with Gasteiger partial charge < -0.3 is 11.1 Å². The first-order valence-corrected chi connectivity index (χ1v) is 5.05. The molecule has 16 heavy (non-hydrogen) atoms. The molecule has 1 aromatic rings. The average molecular weight is 217 g/mol. The number of hydrogen-bond acceptors (Lipinski definition) is 3. The molecule has 0 aromatic carbocycles. The Balaban J connectivity index is 2.56. The monoisotopic (exact) mass is 217 g/mol. The molecule has 3 N–H and O–H groups in total. The van der Waals surface area contributed by atoms with Crippen molar-refractivity contribution in [2.75, 3.05) is 0 Å². The first-order chi connectivity index (χ1) is 7.65. The van der Waals surface area contributed by atoms with Crippen molar-refractivity contribution >= 4 is 5.91 Å². The maximum atomic E-state index is 11.6. The van der Waals surface area contributed by atoms with Crippen molar-refractivity contribution in [2.45, 2.75) is 25.4 Å². The fraction of sp³-hybridized carbons (Fsp3) is 0.333. The molecule has 0 bridgehead atoms. The second-order valence-electron chi connectivity index (χ2n) is 3.50. The molecule has 1 rings (SSSR count). The summed E-state index contributed by atoms with van der Waals surface area (Å²) in [5, 5.41) is 2.76. The van der Waals surface area contributed by atoms with E-state index in [0.717, 1.165) is 5.69 Å². The highest BCUT2D eigenvalue weighted by atomic mass is 16.2. The van der Waals surface area contributed by atoms with E-state index in [0.29, 0.717) is 0 Å². The first kappa shape index (κ1) is 12.2. The van der Waals surface area contributed by atoms with Gasteiger partial charge in [-0.1, -0.05) is 6.07 Å². The Morgan fingerprint density at radius 2 is 2.44 bits per heavy atom. The van der Waals surface area contributed by atoms with E-state index >= 15 is 0 Å². The Hall–Kier alpha value is -1.86. The quantitative estimate of drug-likeness (QED) is 0.726. The van der Waals surface area contributed by atoms with E-state index in [1.165, 1.54) is 0 Å².